The van der Waals surface area contributed by atoms with Crippen LogP contribution in [0.4, 0.5) is 8.78 Å². The molecule has 0 radical (unpaired) electrons. The first-order chi connectivity index (χ1) is 11.4. The van der Waals surface area contributed by atoms with Gasteiger partial charge in [-0.1, -0.05) is 19.4 Å². The van der Waals surface area contributed by atoms with Gasteiger partial charge in [0.1, 0.15) is 11.6 Å². The van der Waals surface area contributed by atoms with Gasteiger partial charge >= 0.3 is 5.97 Å². The van der Waals surface area contributed by atoms with Gasteiger partial charge in [0.2, 0.25) is 0 Å². The molecule has 0 aliphatic heterocycles. The van der Waals surface area contributed by atoms with Crippen molar-refractivity contribution in [3.63, 3.8) is 0 Å². The summed E-state index contributed by atoms with van der Waals surface area (Å²) in [5, 5.41) is 8.95. The minimum absolute atomic E-state index is 0.283. The number of carbonyl (C=O) groups is 1. The zero-order valence-corrected chi connectivity index (χ0v) is 13.4. The fourth-order valence-corrected chi connectivity index (χ4v) is 2.96. The van der Waals surface area contributed by atoms with Crippen LogP contribution in [0.3, 0.4) is 0 Å². The fraction of sp³-hybridized carbons (Fsp3) is 0.211. The summed E-state index contributed by atoms with van der Waals surface area (Å²) in [6.45, 7) is 3.72. The van der Waals surface area contributed by atoms with Crippen LogP contribution in [0.25, 0.3) is 16.8 Å². The average molecular weight is 329 g/mol. The highest BCUT2D eigenvalue weighted by molar-refractivity contribution is 5.88. The highest BCUT2D eigenvalue weighted by Gasteiger charge is 2.17. The molecule has 3 aromatic rings. The van der Waals surface area contributed by atoms with Crippen LogP contribution in [0.1, 0.15) is 34.8 Å². The minimum atomic E-state index is -1.31. The number of nitrogens with zero attached hydrogens (tertiary/aromatic N) is 1. The average Bonchev–Trinajstić information content (AvgIpc) is 2.90. The number of aromatic carboxylic acids is 1. The number of aryl methyl sites for hydroxylation is 2. The normalized spacial score (nSPS) is 11.2. The molecule has 3 rings (SSSR count). The van der Waals surface area contributed by atoms with E-state index in [2.05, 4.69) is 0 Å². The predicted octanol–water partition coefficient (Wildman–Crippen LogP) is 4.84. The SMILES string of the molecule is CCCc1cc(-c2ccc(C(=O)O)c(F)c2)n2ccc(C)c(F)c12. The van der Waals surface area contributed by atoms with Gasteiger partial charge in [0.25, 0.3) is 0 Å². The molecule has 3 nitrogen and oxygen atoms in total. The molecule has 124 valence electrons. The Bertz CT molecular complexity index is 944. The van der Waals surface area contributed by atoms with Crippen molar-refractivity contribution in [2.24, 2.45) is 0 Å². The quantitative estimate of drug-likeness (QED) is 0.744. The third-order valence-electron chi connectivity index (χ3n) is 4.16. The van der Waals surface area contributed by atoms with E-state index >= 15 is 0 Å². The van der Waals surface area contributed by atoms with Crippen molar-refractivity contribution in [1.82, 2.24) is 4.40 Å². The van der Waals surface area contributed by atoms with Crippen LogP contribution in [0.2, 0.25) is 0 Å². The van der Waals surface area contributed by atoms with E-state index in [0.29, 0.717) is 28.8 Å². The first kappa shape index (κ1) is 16.2. The summed E-state index contributed by atoms with van der Waals surface area (Å²) in [6, 6.07) is 7.47. The maximum absolute atomic E-state index is 14.6. The van der Waals surface area contributed by atoms with Gasteiger partial charge in [0, 0.05) is 11.8 Å². The summed E-state index contributed by atoms with van der Waals surface area (Å²) in [6.07, 6.45) is 3.32. The summed E-state index contributed by atoms with van der Waals surface area (Å²) in [5.41, 5.74) is 2.68. The van der Waals surface area contributed by atoms with E-state index in [1.807, 2.05) is 13.0 Å². The number of hydrogen-bond donors (Lipinski definition) is 1. The third-order valence-corrected chi connectivity index (χ3v) is 4.16. The smallest absolute Gasteiger partial charge is 0.338 e. The number of carboxylic acids is 1. The fourth-order valence-electron chi connectivity index (χ4n) is 2.96. The molecule has 0 spiro atoms. The van der Waals surface area contributed by atoms with Gasteiger partial charge in [-0.15, -0.1) is 0 Å². The van der Waals surface area contributed by atoms with E-state index < -0.39 is 11.8 Å². The van der Waals surface area contributed by atoms with E-state index in [0.717, 1.165) is 12.0 Å². The van der Waals surface area contributed by atoms with Crippen molar-refractivity contribution in [1.29, 1.82) is 0 Å². The molecule has 2 heterocycles. The van der Waals surface area contributed by atoms with E-state index in [1.165, 1.54) is 12.1 Å². The van der Waals surface area contributed by atoms with E-state index in [4.69, 9.17) is 5.11 Å². The van der Waals surface area contributed by atoms with Gasteiger partial charge in [-0.05, 0) is 48.7 Å². The van der Waals surface area contributed by atoms with Crippen molar-refractivity contribution in [2.45, 2.75) is 26.7 Å². The third kappa shape index (κ3) is 2.56. The molecular weight excluding hydrogens is 312 g/mol. The molecule has 1 N–H and O–H groups in total. The standard InChI is InChI=1S/C19H17F2NO2/c1-3-4-13-10-16(22-8-7-11(2)17(21)18(13)22)12-5-6-14(19(23)24)15(20)9-12/h5-10H,3-4H2,1-2H3,(H,23,24). The monoisotopic (exact) mass is 329 g/mol. The van der Waals surface area contributed by atoms with Gasteiger partial charge in [0.05, 0.1) is 16.8 Å². The van der Waals surface area contributed by atoms with E-state index in [1.54, 1.807) is 29.7 Å². The van der Waals surface area contributed by atoms with Crippen molar-refractivity contribution in [2.75, 3.05) is 0 Å². The zero-order chi connectivity index (χ0) is 17.4. The molecule has 0 saturated heterocycles. The maximum atomic E-state index is 14.6. The van der Waals surface area contributed by atoms with Crippen LogP contribution in [0.15, 0.2) is 36.5 Å². The second kappa shape index (κ2) is 6.07. The maximum Gasteiger partial charge on any atom is 0.338 e. The Kier molecular flexibility index (Phi) is 4.09. The van der Waals surface area contributed by atoms with Crippen LogP contribution in [0.5, 0.6) is 0 Å². The molecule has 0 bridgehead atoms. The number of hydrogen-bond acceptors (Lipinski definition) is 1. The molecule has 24 heavy (non-hydrogen) atoms. The Labute approximate surface area is 138 Å². The van der Waals surface area contributed by atoms with Gasteiger partial charge < -0.3 is 9.51 Å². The summed E-state index contributed by atoms with van der Waals surface area (Å²) >= 11 is 0. The van der Waals surface area contributed by atoms with Crippen molar-refractivity contribution in [3.05, 3.63) is 64.9 Å². The lowest BCUT2D eigenvalue weighted by molar-refractivity contribution is 0.0692. The van der Waals surface area contributed by atoms with Gasteiger partial charge in [-0.3, -0.25) is 0 Å². The van der Waals surface area contributed by atoms with Crippen LogP contribution >= 0.6 is 0 Å². The van der Waals surface area contributed by atoms with Crippen molar-refractivity contribution in [3.8, 4) is 11.3 Å². The molecule has 0 aliphatic carbocycles. The van der Waals surface area contributed by atoms with Crippen LogP contribution in [-0.4, -0.2) is 15.5 Å². The zero-order valence-electron chi connectivity index (χ0n) is 13.4. The number of benzene rings is 1. The van der Waals surface area contributed by atoms with Crippen LogP contribution in [-0.2, 0) is 6.42 Å². The Morgan fingerprint density at radius 3 is 2.58 bits per heavy atom. The highest BCUT2D eigenvalue weighted by Crippen LogP contribution is 2.30. The van der Waals surface area contributed by atoms with E-state index in [9.17, 15) is 13.6 Å². The van der Waals surface area contributed by atoms with E-state index in [-0.39, 0.29) is 11.4 Å². The molecule has 5 heteroatoms. The molecule has 0 aliphatic rings. The topological polar surface area (TPSA) is 41.7 Å². The lowest BCUT2D eigenvalue weighted by atomic mass is 10.1. The molecule has 1 aromatic carbocycles. The minimum Gasteiger partial charge on any atom is -0.478 e. The summed E-state index contributed by atoms with van der Waals surface area (Å²) in [7, 11) is 0. The first-order valence-electron chi connectivity index (χ1n) is 7.76. The van der Waals surface area contributed by atoms with Gasteiger partial charge in [-0.2, -0.15) is 0 Å². The molecule has 0 unspecified atom stereocenters. The number of carboxylic acid groups (broad SMARTS) is 1. The van der Waals surface area contributed by atoms with Crippen molar-refractivity contribution < 1.29 is 18.7 Å². The molecular formula is C19H17F2NO2. The number of aromatic nitrogens is 1. The predicted molar refractivity (Wildman–Crippen MR) is 88.4 cm³/mol. The Balaban J connectivity index is 2.25. The molecule has 0 amide bonds. The molecule has 0 fully saturated rings. The molecule has 0 atom stereocenters. The largest absolute Gasteiger partial charge is 0.478 e. The van der Waals surface area contributed by atoms with Crippen molar-refractivity contribution >= 4 is 11.5 Å². The van der Waals surface area contributed by atoms with Gasteiger partial charge in [-0.25, -0.2) is 13.6 Å². The lowest BCUT2D eigenvalue weighted by Gasteiger charge is -2.07. The number of fused-ring (bicyclic) bond motifs is 1. The number of halogens is 2. The Morgan fingerprint density at radius 2 is 1.96 bits per heavy atom. The Morgan fingerprint density at radius 1 is 1.21 bits per heavy atom. The summed E-state index contributed by atoms with van der Waals surface area (Å²) in [5.74, 6) is -2.40. The second-order valence-corrected chi connectivity index (χ2v) is 5.84. The highest BCUT2D eigenvalue weighted by atomic mass is 19.1. The Hall–Kier alpha value is -2.69. The van der Waals surface area contributed by atoms with Crippen LogP contribution < -0.4 is 0 Å². The second-order valence-electron chi connectivity index (χ2n) is 5.84. The number of rotatable bonds is 4. The number of pyridine rings is 1. The summed E-state index contributed by atoms with van der Waals surface area (Å²) < 4.78 is 30.3. The van der Waals surface area contributed by atoms with Gasteiger partial charge in [0.15, 0.2) is 0 Å². The summed E-state index contributed by atoms with van der Waals surface area (Å²) in [4.78, 5) is 11.0. The lowest BCUT2D eigenvalue weighted by Crippen LogP contribution is -2.00. The molecule has 2 aromatic heterocycles. The molecule has 0 saturated carbocycles. The first-order valence-corrected chi connectivity index (χ1v) is 7.76. The van der Waals surface area contributed by atoms with Crippen LogP contribution in [0, 0.1) is 18.6 Å².